The van der Waals surface area contributed by atoms with Gasteiger partial charge in [0.15, 0.2) is 5.82 Å². The second kappa shape index (κ2) is 11.3. The number of nitroso groups, excluding NO2 is 1. The predicted octanol–water partition coefficient (Wildman–Crippen LogP) is 1.85. The van der Waals surface area contributed by atoms with Crippen molar-refractivity contribution in [2.75, 3.05) is 30.2 Å². The van der Waals surface area contributed by atoms with Crippen LogP contribution in [0.2, 0.25) is 0 Å². The van der Waals surface area contributed by atoms with Gasteiger partial charge in [-0.25, -0.2) is 20.0 Å². The zero-order valence-electron chi connectivity index (χ0n) is 19.2. The first kappa shape index (κ1) is 24.0. The van der Waals surface area contributed by atoms with E-state index in [0.29, 0.717) is 24.1 Å². The predicted molar refractivity (Wildman–Crippen MR) is 128 cm³/mol. The van der Waals surface area contributed by atoms with Gasteiger partial charge in [-0.1, -0.05) is 12.1 Å². The number of nitrogens with one attached hydrogen (secondary N) is 1. The van der Waals surface area contributed by atoms with Gasteiger partial charge < -0.3 is 20.1 Å². The van der Waals surface area contributed by atoms with E-state index in [1.807, 2.05) is 4.90 Å². The van der Waals surface area contributed by atoms with Crippen molar-refractivity contribution in [3.63, 3.8) is 0 Å². The molecule has 1 saturated heterocycles. The van der Waals surface area contributed by atoms with Gasteiger partial charge >= 0.3 is 0 Å². The minimum absolute atomic E-state index is 0.0422. The number of carbonyl (C=O) groups is 1. The largest absolute Gasteiger partial charge is 0.497 e. The molecule has 0 aliphatic carbocycles. The summed E-state index contributed by atoms with van der Waals surface area (Å²) in [6, 6.07) is 8.69. The van der Waals surface area contributed by atoms with Gasteiger partial charge in [-0.3, -0.25) is 4.79 Å². The molecule has 4 rings (SSSR count). The van der Waals surface area contributed by atoms with Crippen molar-refractivity contribution in [1.82, 2.24) is 25.3 Å². The molecule has 1 atom stereocenters. The first-order valence-electron chi connectivity index (χ1n) is 11.1. The van der Waals surface area contributed by atoms with Crippen molar-refractivity contribution in [2.24, 2.45) is 5.29 Å². The molecule has 12 nitrogen and oxygen atoms in total. The second-order valence-electron chi connectivity index (χ2n) is 7.91. The van der Waals surface area contributed by atoms with Crippen molar-refractivity contribution in [1.29, 1.82) is 0 Å². The Bertz CT molecular complexity index is 1150. The molecule has 2 N–H and O–H groups in total. The van der Waals surface area contributed by atoms with Crippen LogP contribution < -0.4 is 20.0 Å². The fraction of sp³-hybridized carbons (Fsp3) is 0.348. The first-order valence-corrected chi connectivity index (χ1v) is 11.1. The maximum absolute atomic E-state index is 13.1. The van der Waals surface area contributed by atoms with Crippen molar-refractivity contribution >= 4 is 17.7 Å². The number of aliphatic hydroxyl groups is 1. The van der Waals surface area contributed by atoms with Gasteiger partial charge in [0, 0.05) is 25.1 Å². The summed E-state index contributed by atoms with van der Waals surface area (Å²) in [5.74, 6) is 1.00. The van der Waals surface area contributed by atoms with Gasteiger partial charge in [0.2, 0.25) is 5.95 Å². The standard InChI is InChI=1S/C23H26N8O4/c1-35-18-7-5-16(6-8-18)14-31(29-34)21-19(22(33)26-13-20-24-9-3-10-25-20)12-27-23(28-21)30-11-2-4-17(30)15-32/h3,5-10,12,17,32H,2,4,11,13-15H2,1H3,(H,26,33)/t17-/m0/s1. The average Bonchev–Trinajstić information content (AvgIpc) is 3.40. The molecular formula is C23H26N8O4. The van der Waals surface area contributed by atoms with E-state index in [0.717, 1.165) is 23.4 Å². The van der Waals surface area contributed by atoms with Crippen LogP contribution >= 0.6 is 0 Å². The lowest BCUT2D eigenvalue weighted by Crippen LogP contribution is -2.34. The fourth-order valence-corrected chi connectivity index (χ4v) is 3.87. The summed E-state index contributed by atoms with van der Waals surface area (Å²) in [5.41, 5.74) is 0.849. The van der Waals surface area contributed by atoms with E-state index in [1.54, 1.807) is 49.8 Å². The van der Waals surface area contributed by atoms with Crippen molar-refractivity contribution < 1.29 is 14.6 Å². The van der Waals surface area contributed by atoms with Crippen LogP contribution in [0.15, 0.2) is 54.2 Å². The lowest BCUT2D eigenvalue weighted by atomic mass is 10.2. The SMILES string of the molecule is COc1ccc(CN(N=O)c2nc(N3CCC[C@H]3CO)ncc2C(=O)NCc2ncccn2)cc1. The minimum Gasteiger partial charge on any atom is -0.497 e. The number of aliphatic hydroxyl groups excluding tert-OH is 1. The Morgan fingerprint density at radius 1 is 1.26 bits per heavy atom. The summed E-state index contributed by atoms with van der Waals surface area (Å²) >= 11 is 0. The molecule has 1 aliphatic rings. The molecule has 1 fully saturated rings. The van der Waals surface area contributed by atoms with E-state index in [4.69, 9.17) is 4.74 Å². The molecule has 3 heterocycles. The van der Waals surface area contributed by atoms with Crippen molar-refractivity contribution in [2.45, 2.75) is 32.0 Å². The Morgan fingerprint density at radius 3 is 2.71 bits per heavy atom. The van der Waals surface area contributed by atoms with Crippen LogP contribution in [-0.4, -0.2) is 57.3 Å². The Morgan fingerprint density at radius 2 is 2.03 bits per heavy atom. The molecule has 0 spiro atoms. The number of hydrogen-bond acceptors (Lipinski definition) is 10. The van der Waals surface area contributed by atoms with E-state index < -0.39 is 5.91 Å². The van der Waals surface area contributed by atoms with E-state index in [-0.39, 0.29) is 37.1 Å². The van der Waals surface area contributed by atoms with Crippen LogP contribution in [0, 0.1) is 4.91 Å². The third-order valence-corrected chi connectivity index (χ3v) is 5.71. The smallest absolute Gasteiger partial charge is 0.257 e. The summed E-state index contributed by atoms with van der Waals surface area (Å²) in [5, 5.41) is 16.7. The topological polar surface area (TPSA) is 146 Å². The molecule has 35 heavy (non-hydrogen) atoms. The molecule has 2 aromatic heterocycles. The van der Waals surface area contributed by atoms with Gasteiger partial charge in [-0.05, 0) is 36.6 Å². The lowest BCUT2D eigenvalue weighted by molar-refractivity contribution is 0.0949. The lowest BCUT2D eigenvalue weighted by Gasteiger charge is -2.25. The number of aromatic nitrogens is 4. The van der Waals surface area contributed by atoms with Crippen LogP contribution in [0.4, 0.5) is 11.8 Å². The number of benzene rings is 1. The maximum atomic E-state index is 13.1. The summed E-state index contributed by atoms with van der Waals surface area (Å²) in [6.07, 6.45) is 6.22. The molecule has 0 radical (unpaired) electrons. The third kappa shape index (κ3) is 5.66. The fourth-order valence-electron chi connectivity index (χ4n) is 3.87. The number of carbonyl (C=O) groups excluding carboxylic acids is 1. The summed E-state index contributed by atoms with van der Waals surface area (Å²) < 4.78 is 5.18. The number of amides is 1. The average molecular weight is 479 g/mol. The molecule has 12 heteroatoms. The summed E-state index contributed by atoms with van der Waals surface area (Å²) in [6.45, 7) is 0.788. The van der Waals surface area contributed by atoms with E-state index in [9.17, 15) is 14.8 Å². The zero-order valence-corrected chi connectivity index (χ0v) is 19.2. The molecule has 0 bridgehead atoms. The third-order valence-electron chi connectivity index (χ3n) is 5.71. The number of rotatable bonds is 10. The highest BCUT2D eigenvalue weighted by atomic mass is 16.5. The van der Waals surface area contributed by atoms with Crippen LogP contribution in [0.1, 0.15) is 34.6 Å². The molecule has 1 amide bonds. The van der Waals surface area contributed by atoms with Crippen molar-refractivity contribution in [3.8, 4) is 5.75 Å². The number of anilines is 2. The quantitative estimate of drug-likeness (QED) is 0.327. The highest BCUT2D eigenvalue weighted by Crippen LogP contribution is 2.27. The van der Waals surface area contributed by atoms with E-state index in [2.05, 4.69) is 30.5 Å². The minimum atomic E-state index is -0.498. The van der Waals surface area contributed by atoms with E-state index >= 15 is 0 Å². The van der Waals surface area contributed by atoms with Crippen LogP contribution in [0.3, 0.4) is 0 Å². The van der Waals surface area contributed by atoms with Gasteiger partial charge in [0.1, 0.15) is 17.1 Å². The summed E-state index contributed by atoms with van der Waals surface area (Å²) in [4.78, 5) is 44.0. The Labute approximate surface area is 202 Å². The second-order valence-corrected chi connectivity index (χ2v) is 7.91. The van der Waals surface area contributed by atoms with Crippen LogP contribution in [-0.2, 0) is 13.1 Å². The molecule has 1 aromatic carbocycles. The van der Waals surface area contributed by atoms with Gasteiger partial charge in [-0.2, -0.15) is 4.98 Å². The molecule has 0 unspecified atom stereocenters. The Kier molecular flexibility index (Phi) is 7.73. The molecule has 3 aromatic rings. The Hall–Kier alpha value is -4.19. The molecule has 0 saturated carbocycles. The van der Waals surface area contributed by atoms with Crippen LogP contribution in [0.25, 0.3) is 0 Å². The van der Waals surface area contributed by atoms with E-state index in [1.165, 1.54) is 6.20 Å². The number of hydrogen-bond donors (Lipinski definition) is 2. The Balaban J connectivity index is 1.64. The maximum Gasteiger partial charge on any atom is 0.257 e. The highest BCUT2D eigenvalue weighted by molar-refractivity contribution is 5.98. The van der Waals surface area contributed by atoms with Crippen molar-refractivity contribution in [3.05, 3.63) is 70.8 Å². The summed E-state index contributed by atoms with van der Waals surface area (Å²) in [7, 11) is 1.57. The number of nitrogens with zero attached hydrogens (tertiary/aromatic N) is 7. The number of ether oxygens (including phenoxy) is 1. The highest BCUT2D eigenvalue weighted by Gasteiger charge is 2.29. The normalized spacial score (nSPS) is 15.0. The van der Waals surface area contributed by atoms with Crippen LogP contribution in [0.5, 0.6) is 5.75 Å². The number of methoxy groups -OCH3 is 1. The molecular weight excluding hydrogens is 452 g/mol. The van der Waals surface area contributed by atoms with Gasteiger partial charge in [0.25, 0.3) is 5.91 Å². The first-order chi connectivity index (χ1) is 17.1. The molecule has 182 valence electrons. The van der Waals surface area contributed by atoms with Gasteiger partial charge in [0.05, 0.1) is 38.1 Å². The monoisotopic (exact) mass is 478 g/mol. The van der Waals surface area contributed by atoms with Gasteiger partial charge in [-0.15, -0.1) is 4.91 Å². The molecule has 1 aliphatic heterocycles. The zero-order chi connectivity index (χ0) is 24.6.